The van der Waals surface area contributed by atoms with Crippen LogP contribution in [0.4, 0.5) is 0 Å². The summed E-state index contributed by atoms with van der Waals surface area (Å²) in [6, 6.07) is 2.61. The molecule has 16 heavy (non-hydrogen) atoms. The Bertz CT molecular complexity index is 315. The Morgan fingerprint density at radius 1 is 1.38 bits per heavy atom. The molecule has 1 aromatic rings. The third-order valence-electron chi connectivity index (χ3n) is 3.02. The van der Waals surface area contributed by atoms with Crippen LogP contribution in [0.5, 0.6) is 0 Å². The highest BCUT2D eigenvalue weighted by atomic mass is 15.3. The van der Waals surface area contributed by atoms with Gasteiger partial charge in [0, 0.05) is 13.1 Å². The molecule has 0 bridgehead atoms. The van der Waals surface area contributed by atoms with E-state index >= 15 is 0 Å². The molecular weight excluding hydrogens is 198 g/mol. The largest absolute Gasteiger partial charge is 0.312 e. The first-order valence-electron chi connectivity index (χ1n) is 6.22. The quantitative estimate of drug-likeness (QED) is 0.803. The van der Waals surface area contributed by atoms with Crippen molar-refractivity contribution in [2.75, 3.05) is 7.05 Å². The summed E-state index contributed by atoms with van der Waals surface area (Å²) >= 11 is 0. The van der Waals surface area contributed by atoms with Crippen molar-refractivity contribution in [2.45, 2.75) is 46.1 Å². The number of nitrogens with zero attached hydrogens (tertiary/aromatic N) is 2. The van der Waals surface area contributed by atoms with Gasteiger partial charge in [-0.25, -0.2) is 0 Å². The molecule has 1 atom stereocenters. The summed E-state index contributed by atoms with van der Waals surface area (Å²) in [5.74, 6) is 0.797. The van der Waals surface area contributed by atoms with Crippen molar-refractivity contribution in [3.05, 3.63) is 17.5 Å². The molecule has 1 unspecified atom stereocenters. The van der Waals surface area contributed by atoms with Gasteiger partial charge in [-0.1, -0.05) is 26.7 Å². The Labute approximate surface area is 99.2 Å². The molecule has 0 aliphatic rings. The van der Waals surface area contributed by atoms with Crippen molar-refractivity contribution in [2.24, 2.45) is 13.0 Å². The standard InChI is InChI=1S/C13H25N3/c1-10(2)7-6-8-12(14-4)13-9-11(3)15-16(13)5/h9-10,12,14H,6-8H2,1-5H3. The van der Waals surface area contributed by atoms with Crippen LogP contribution in [0.1, 0.15) is 50.5 Å². The van der Waals surface area contributed by atoms with Gasteiger partial charge in [0.1, 0.15) is 0 Å². The summed E-state index contributed by atoms with van der Waals surface area (Å²) in [6.45, 7) is 6.61. The average Bonchev–Trinajstić information content (AvgIpc) is 2.52. The number of nitrogens with one attached hydrogen (secondary N) is 1. The lowest BCUT2D eigenvalue weighted by atomic mass is 10.0. The van der Waals surface area contributed by atoms with E-state index in [1.54, 1.807) is 0 Å². The lowest BCUT2D eigenvalue weighted by molar-refractivity contribution is 0.451. The molecule has 0 aliphatic heterocycles. The Hall–Kier alpha value is -0.830. The van der Waals surface area contributed by atoms with Gasteiger partial charge < -0.3 is 5.32 Å². The fraction of sp³-hybridized carbons (Fsp3) is 0.769. The zero-order valence-electron chi connectivity index (χ0n) is 11.2. The molecular formula is C13H25N3. The first kappa shape index (κ1) is 13.2. The normalized spacial score (nSPS) is 13.4. The second-order valence-corrected chi connectivity index (χ2v) is 5.00. The van der Waals surface area contributed by atoms with Gasteiger partial charge in [-0.05, 0) is 32.4 Å². The monoisotopic (exact) mass is 223 g/mol. The summed E-state index contributed by atoms with van der Waals surface area (Å²) in [7, 11) is 4.05. The zero-order valence-corrected chi connectivity index (χ0v) is 11.2. The van der Waals surface area contributed by atoms with Crippen molar-refractivity contribution >= 4 is 0 Å². The molecule has 92 valence electrons. The van der Waals surface area contributed by atoms with E-state index in [9.17, 15) is 0 Å². The number of aryl methyl sites for hydroxylation is 2. The van der Waals surface area contributed by atoms with Crippen LogP contribution < -0.4 is 5.32 Å². The zero-order chi connectivity index (χ0) is 12.1. The second kappa shape index (κ2) is 6.04. The van der Waals surface area contributed by atoms with Crippen molar-refractivity contribution < 1.29 is 0 Å². The fourth-order valence-electron chi connectivity index (χ4n) is 2.13. The molecule has 3 nitrogen and oxygen atoms in total. The van der Waals surface area contributed by atoms with E-state index in [0.29, 0.717) is 6.04 Å². The smallest absolute Gasteiger partial charge is 0.0597 e. The first-order valence-corrected chi connectivity index (χ1v) is 6.22. The van der Waals surface area contributed by atoms with Gasteiger partial charge in [0.15, 0.2) is 0 Å². The van der Waals surface area contributed by atoms with Crippen molar-refractivity contribution in [3.63, 3.8) is 0 Å². The van der Waals surface area contributed by atoms with Crippen LogP contribution in [-0.2, 0) is 7.05 Å². The maximum atomic E-state index is 4.40. The Balaban J connectivity index is 2.57. The van der Waals surface area contributed by atoms with Gasteiger partial charge in [0.05, 0.1) is 11.4 Å². The lowest BCUT2D eigenvalue weighted by Gasteiger charge is -2.16. The minimum absolute atomic E-state index is 0.435. The molecule has 3 heteroatoms. The van der Waals surface area contributed by atoms with Crippen LogP contribution in [0.15, 0.2) is 6.07 Å². The van der Waals surface area contributed by atoms with Gasteiger partial charge in [-0.2, -0.15) is 5.10 Å². The van der Waals surface area contributed by atoms with E-state index in [-0.39, 0.29) is 0 Å². The van der Waals surface area contributed by atoms with Gasteiger partial charge in [-0.3, -0.25) is 4.68 Å². The molecule has 0 saturated carbocycles. The Morgan fingerprint density at radius 2 is 2.06 bits per heavy atom. The van der Waals surface area contributed by atoms with E-state index < -0.39 is 0 Å². The van der Waals surface area contributed by atoms with Crippen molar-refractivity contribution in [1.29, 1.82) is 0 Å². The summed E-state index contributed by atoms with van der Waals surface area (Å²) in [4.78, 5) is 0. The number of hydrogen-bond donors (Lipinski definition) is 1. The molecule has 1 N–H and O–H groups in total. The number of hydrogen-bond acceptors (Lipinski definition) is 2. The van der Waals surface area contributed by atoms with Crippen LogP contribution >= 0.6 is 0 Å². The third kappa shape index (κ3) is 3.63. The first-order chi connectivity index (χ1) is 7.54. The SMILES string of the molecule is CNC(CCCC(C)C)c1cc(C)nn1C. The number of rotatable bonds is 6. The van der Waals surface area contributed by atoms with E-state index in [1.165, 1.54) is 25.0 Å². The summed E-state index contributed by atoms with van der Waals surface area (Å²) in [6.07, 6.45) is 3.76. The van der Waals surface area contributed by atoms with Crippen LogP contribution in [0, 0.1) is 12.8 Å². The van der Waals surface area contributed by atoms with Crippen LogP contribution in [0.25, 0.3) is 0 Å². The lowest BCUT2D eigenvalue weighted by Crippen LogP contribution is -2.19. The van der Waals surface area contributed by atoms with Gasteiger partial charge >= 0.3 is 0 Å². The molecule has 0 aromatic carbocycles. The van der Waals surface area contributed by atoms with Crippen LogP contribution in [0.3, 0.4) is 0 Å². The molecule has 0 aliphatic carbocycles. The molecule has 1 aromatic heterocycles. The van der Waals surface area contributed by atoms with Crippen molar-refractivity contribution in [1.82, 2.24) is 15.1 Å². The molecule has 0 fully saturated rings. The van der Waals surface area contributed by atoms with Crippen LogP contribution in [-0.4, -0.2) is 16.8 Å². The van der Waals surface area contributed by atoms with Crippen molar-refractivity contribution in [3.8, 4) is 0 Å². The molecule has 0 amide bonds. The fourth-order valence-corrected chi connectivity index (χ4v) is 2.13. The molecule has 0 radical (unpaired) electrons. The highest BCUT2D eigenvalue weighted by Gasteiger charge is 2.13. The second-order valence-electron chi connectivity index (χ2n) is 5.00. The molecule has 0 spiro atoms. The van der Waals surface area contributed by atoms with E-state index in [2.05, 4.69) is 30.3 Å². The molecule has 1 rings (SSSR count). The minimum atomic E-state index is 0.435. The molecule has 1 heterocycles. The van der Waals surface area contributed by atoms with E-state index in [4.69, 9.17) is 0 Å². The Morgan fingerprint density at radius 3 is 2.50 bits per heavy atom. The highest BCUT2D eigenvalue weighted by molar-refractivity contribution is 5.12. The number of aromatic nitrogens is 2. The maximum absolute atomic E-state index is 4.40. The third-order valence-corrected chi connectivity index (χ3v) is 3.02. The van der Waals surface area contributed by atoms with E-state index in [1.807, 2.05) is 25.7 Å². The molecule has 0 saturated heterocycles. The summed E-state index contributed by atoms with van der Waals surface area (Å²) < 4.78 is 1.99. The Kier molecular flexibility index (Phi) is 5.00. The topological polar surface area (TPSA) is 29.9 Å². The van der Waals surface area contributed by atoms with E-state index in [0.717, 1.165) is 11.6 Å². The predicted octanol–water partition coefficient (Wildman–Crippen LogP) is 2.82. The average molecular weight is 223 g/mol. The minimum Gasteiger partial charge on any atom is -0.312 e. The summed E-state index contributed by atoms with van der Waals surface area (Å²) in [5.41, 5.74) is 2.39. The predicted molar refractivity (Wildman–Crippen MR) is 68.4 cm³/mol. The summed E-state index contributed by atoms with van der Waals surface area (Å²) in [5, 5.41) is 7.79. The van der Waals surface area contributed by atoms with Gasteiger partial charge in [0.25, 0.3) is 0 Å². The van der Waals surface area contributed by atoms with Crippen LogP contribution in [0.2, 0.25) is 0 Å². The van der Waals surface area contributed by atoms with Gasteiger partial charge in [0.2, 0.25) is 0 Å². The van der Waals surface area contributed by atoms with Gasteiger partial charge in [-0.15, -0.1) is 0 Å². The maximum Gasteiger partial charge on any atom is 0.0597 e. The highest BCUT2D eigenvalue weighted by Crippen LogP contribution is 2.20.